The lowest BCUT2D eigenvalue weighted by molar-refractivity contribution is -0.623. The van der Waals surface area contributed by atoms with Crippen LogP contribution in [0.3, 0.4) is 0 Å². The number of rotatable bonds is 4. The van der Waals surface area contributed by atoms with Gasteiger partial charge in [0.25, 0.3) is 5.56 Å². The van der Waals surface area contributed by atoms with E-state index in [1.807, 2.05) is 24.3 Å². The van der Waals surface area contributed by atoms with Gasteiger partial charge in [-0.05, 0) is 43.9 Å². The third kappa shape index (κ3) is 4.57. The maximum absolute atomic E-state index is 13.8. The lowest BCUT2D eigenvalue weighted by Crippen LogP contribution is -2.39. The van der Waals surface area contributed by atoms with Crippen LogP contribution in [0.4, 0.5) is 5.82 Å². The third-order valence-electron chi connectivity index (χ3n) is 6.56. The van der Waals surface area contributed by atoms with Crippen molar-refractivity contribution in [2.24, 2.45) is 0 Å². The summed E-state index contributed by atoms with van der Waals surface area (Å²) in [4.78, 5) is 24.9. The van der Waals surface area contributed by atoms with Gasteiger partial charge in [0.2, 0.25) is 0 Å². The molecule has 0 atom stereocenters. The van der Waals surface area contributed by atoms with E-state index in [9.17, 15) is 15.3 Å². The molecule has 11 heteroatoms. The predicted octanol–water partition coefficient (Wildman–Crippen LogP) is 1.85. The molecule has 3 aromatic heterocycles. The van der Waals surface area contributed by atoms with Gasteiger partial charge in [0.15, 0.2) is 5.52 Å². The monoisotopic (exact) mass is 518 g/mol. The Kier molecular flexibility index (Phi) is 7.63. The van der Waals surface area contributed by atoms with Crippen molar-refractivity contribution < 1.29 is 4.73 Å². The fourth-order valence-electron chi connectivity index (χ4n) is 4.78. The van der Waals surface area contributed by atoms with Crippen molar-refractivity contribution in [3.8, 4) is 17.9 Å². The first-order valence-electron chi connectivity index (χ1n) is 11.9. The fourth-order valence-corrected chi connectivity index (χ4v) is 4.78. The molecule has 4 heterocycles. The van der Waals surface area contributed by atoms with E-state index in [0.29, 0.717) is 40.2 Å². The molecule has 0 saturated carbocycles. The quantitative estimate of drug-likeness (QED) is 0.249. The van der Waals surface area contributed by atoms with Crippen LogP contribution in [0.5, 0.6) is 0 Å². The number of fused-ring (bicyclic) bond motifs is 2. The second kappa shape index (κ2) is 10.9. The van der Waals surface area contributed by atoms with Gasteiger partial charge in [-0.3, -0.25) is 9.36 Å². The van der Waals surface area contributed by atoms with Gasteiger partial charge in [-0.15, -0.1) is 18.3 Å². The average Bonchev–Trinajstić information content (AvgIpc) is 3.01. The molecular weight excluding hydrogens is 492 g/mol. The van der Waals surface area contributed by atoms with Crippen LogP contribution < -0.4 is 20.5 Å². The smallest absolute Gasteiger partial charge is 0.322 e. The summed E-state index contributed by atoms with van der Waals surface area (Å²) in [5.41, 5.74) is 1.88. The van der Waals surface area contributed by atoms with Gasteiger partial charge in [0.05, 0.1) is 18.3 Å². The number of halogens is 1. The van der Waals surface area contributed by atoms with Crippen molar-refractivity contribution in [1.29, 1.82) is 5.26 Å². The molecule has 1 aromatic carbocycles. The van der Waals surface area contributed by atoms with Crippen LogP contribution in [0.1, 0.15) is 30.4 Å². The Labute approximate surface area is 220 Å². The maximum atomic E-state index is 13.8. The molecular formula is C26H27ClN8O2. The predicted molar refractivity (Wildman–Crippen MR) is 144 cm³/mol. The number of aryl methyl sites for hydroxylation is 1. The van der Waals surface area contributed by atoms with Crippen molar-refractivity contribution in [3.63, 3.8) is 0 Å². The molecule has 0 bridgehead atoms. The largest absolute Gasteiger partial charge is 0.710 e. The molecule has 10 nitrogen and oxygen atoms in total. The van der Waals surface area contributed by atoms with Crippen molar-refractivity contribution >= 4 is 40.2 Å². The normalized spacial score (nSPS) is 13.5. The number of aromatic nitrogens is 5. The minimum atomic E-state index is -0.346. The highest BCUT2D eigenvalue weighted by Crippen LogP contribution is 2.30. The molecule has 1 N–H and O–H groups in total. The second-order valence-electron chi connectivity index (χ2n) is 8.71. The Morgan fingerprint density at radius 3 is 2.84 bits per heavy atom. The van der Waals surface area contributed by atoms with Crippen LogP contribution in [0.2, 0.25) is 0 Å². The van der Waals surface area contributed by atoms with Crippen LogP contribution in [-0.2, 0) is 13.1 Å². The van der Waals surface area contributed by atoms with Crippen molar-refractivity contribution in [1.82, 2.24) is 24.4 Å². The van der Waals surface area contributed by atoms with Gasteiger partial charge < -0.3 is 20.0 Å². The summed E-state index contributed by atoms with van der Waals surface area (Å²) in [7, 11) is 0. The van der Waals surface area contributed by atoms with E-state index in [-0.39, 0.29) is 36.9 Å². The number of nitrogens with zero attached hydrogens (tertiary/aromatic N) is 7. The Morgan fingerprint density at radius 2 is 2.05 bits per heavy atom. The molecule has 0 spiro atoms. The lowest BCUT2D eigenvalue weighted by Gasteiger charge is -2.24. The van der Waals surface area contributed by atoms with E-state index < -0.39 is 0 Å². The fraction of sp³-hybridized carbons (Fsp3) is 0.346. The van der Waals surface area contributed by atoms with E-state index in [1.165, 1.54) is 10.9 Å². The zero-order valence-electron chi connectivity index (χ0n) is 20.7. The van der Waals surface area contributed by atoms with Crippen molar-refractivity contribution in [3.05, 3.63) is 63.2 Å². The summed E-state index contributed by atoms with van der Waals surface area (Å²) in [5.74, 6) is 6.79. The highest BCUT2D eigenvalue weighted by atomic mass is 35.5. The molecule has 1 saturated heterocycles. The van der Waals surface area contributed by atoms with E-state index in [2.05, 4.69) is 38.1 Å². The zero-order chi connectivity index (χ0) is 25.2. The number of hydrogen-bond donors (Lipinski definition) is 1. The van der Waals surface area contributed by atoms with Crippen LogP contribution in [0.25, 0.3) is 21.9 Å². The van der Waals surface area contributed by atoms with Crippen LogP contribution >= 0.6 is 12.4 Å². The van der Waals surface area contributed by atoms with Gasteiger partial charge in [-0.2, -0.15) is 5.26 Å². The van der Waals surface area contributed by atoms with Crippen LogP contribution in [0, 0.1) is 35.3 Å². The first kappa shape index (κ1) is 26.0. The Hall–Kier alpha value is -4.12. The standard InChI is InChI=1S/C26H26N8O2.ClH/c1-3-4-13-33-24-23(20(15-27)25(33)31-12-7-10-28-11-14-31)29-17-32(26(24)35)16-22-30-21-9-6-5-8-19(21)18(2)34(22)36;/h5-6,8-9,17,28H,7,10-14,16H2,1-2H3;1H. The SMILES string of the molecule is CC#CCn1c(N2CCCNCC2)c(C#N)c2ncn(Cc3nc4ccccc4c(C)[n+]3[O-])c(=O)c21.Cl. The van der Waals surface area contributed by atoms with Gasteiger partial charge in [0, 0.05) is 19.6 Å². The molecule has 0 radical (unpaired) electrons. The summed E-state index contributed by atoms with van der Waals surface area (Å²) in [5, 5.41) is 27.2. The summed E-state index contributed by atoms with van der Waals surface area (Å²) in [6.45, 7) is 6.81. The van der Waals surface area contributed by atoms with Gasteiger partial charge >= 0.3 is 5.82 Å². The molecule has 37 heavy (non-hydrogen) atoms. The number of hydrogen-bond acceptors (Lipinski definition) is 7. The Bertz CT molecular complexity index is 1630. The lowest BCUT2D eigenvalue weighted by atomic mass is 10.2. The summed E-state index contributed by atoms with van der Waals surface area (Å²) in [6, 6.07) is 9.68. The molecule has 0 amide bonds. The number of para-hydroxylation sites is 1. The van der Waals surface area contributed by atoms with Gasteiger partial charge in [-0.25, -0.2) is 9.71 Å². The molecule has 5 rings (SSSR count). The first-order valence-corrected chi connectivity index (χ1v) is 11.9. The Balaban J connectivity index is 0.00000320. The number of anilines is 1. The number of nitriles is 1. The highest BCUT2D eigenvalue weighted by Gasteiger charge is 2.27. The van der Waals surface area contributed by atoms with Crippen molar-refractivity contribution in [2.75, 3.05) is 31.1 Å². The molecule has 0 unspecified atom stereocenters. The maximum Gasteiger partial charge on any atom is 0.322 e. The molecule has 4 aromatic rings. The molecule has 1 aliphatic rings. The van der Waals surface area contributed by atoms with Crippen molar-refractivity contribution in [2.45, 2.75) is 33.4 Å². The summed E-state index contributed by atoms with van der Waals surface area (Å²) >= 11 is 0. The Morgan fingerprint density at radius 1 is 1.24 bits per heavy atom. The molecule has 190 valence electrons. The molecule has 0 aliphatic carbocycles. The molecule has 1 fully saturated rings. The van der Waals surface area contributed by atoms with Gasteiger partial charge in [0.1, 0.15) is 40.7 Å². The van der Waals surface area contributed by atoms with Gasteiger partial charge in [-0.1, -0.05) is 18.1 Å². The minimum Gasteiger partial charge on any atom is -0.710 e. The third-order valence-corrected chi connectivity index (χ3v) is 6.56. The summed E-state index contributed by atoms with van der Waals surface area (Å²) in [6.07, 6.45) is 2.31. The van der Waals surface area contributed by atoms with Crippen LogP contribution in [0.15, 0.2) is 35.4 Å². The number of nitrogens with one attached hydrogen (secondary N) is 1. The molecule has 1 aliphatic heterocycles. The number of benzene rings is 1. The van der Waals surface area contributed by atoms with E-state index in [0.717, 1.165) is 36.2 Å². The second-order valence-corrected chi connectivity index (χ2v) is 8.71. The average molecular weight is 519 g/mol. The van der Waals surface area contributed by atoms with E-state index in [1.54, 1.807) is 18.4 Å². The van der Waals surface area contributed by atoms with Crippen LogP contribution in [-0.4, -0.2) is 45.3 Å². The van der Waals surface area contributed by atoms with E-state index in [4.69, 9.17) is 0 Å². The first-order chi connectivity index (χ1) is 17.5. The minimum absolute atomic E-state index is 0. The zero-order valence-corrected chi connectivity index (χ0v) is 21.5. The summed E-state index contributed by atoms with van der Waals surface area (Å²) < 4.78 is 3.93. The highest BCUT2D eigenvalue weighted by molar-refractivity contribution is 5.89. The van der Waals surface area contributed by atoms with E-state index >= 15 is 0 Å². The topological polar surface area (TPSA) is 119 Å².